The van der Waals surface area contributed by atoms with Crippen LogP contribution in [0.1, 0.15) is 42.5 Å². The molecule has 0 fully saturated rings. The Labute approximate surface area is 209 Å². The van der Waals surface area contributed by atoms with E-state index in [0.717, 1.165) is 43.7 Å². The average molecular weight is 477 g/mol. The number of nitrogens with zero attached hydrogens (tertiary/aromatic N) is 2. The predicted octanol–water partition coefficient (Wildman–Crippen LogP) is 9.15. The van der Waals surface area contributed by atoms with Crippen LogP contribution in [-0.4, -0.2) is 9.97 Å². The Hall–Kier alpha value is -3.50. The van der Waals surface area contributed by atoms with Gasteiger partial charge in [-0.25, -0.2) is 4.98 Å². The van der Waals surface area contributed by atoms with Gasteiger partial charge in [0, 0.05) is 22.5 Å². The molecule has 0 radical (unpaired) electrons. The molecule has 174 valence electrons. The highest BCUT2D eigenvalue weighted by atomic mass is 32.1. The highest BCUT2D eigenvalue weighted by Gasteiger charge is 2.23. The molecule has 0 spiro atoms. The van der Waals surface area contributed by atoms with E-state index in [-0.39, 0.29) is 5.41 Å². The quantitative estimate of drug-likeness (QED) is 0.250. The van der Waals surface area contributed by atoms with Crippen molar-refractivity contribution in [2.75, 3.05) is 0 Å². The number of thiazole rings is 1. The average Bonchev–Trinajstić information content (AvgIpc) is 3.37. The predicted molar refractivity (Wildman–Crippen MR) is 148 cm³/mol. The van der Waals surface area contributed by atoms with Crippen LogP contribution in [0.3, 0.4) is 0 Å². The lowest BCUT2D eigenvalue weighted by molar-refractivity contribution is 0.589. The zero-order valence-corrected chi connectivity index (χ0v) is 21.8. The van der Waals surface area contributed by atoms with Gasteiger partial charge in [0.2, 0.25) is 0 Å². The molecule has 0 N–H and O–H groups in total. The minimum Gasteiger partial charge on any atom is -0.455 e. The molecular formula is C31H28N2OS. The number of para-hydroxylation sites is 1. The molecule has 0 aliphatic carbocycles. The van der Waals surface area contributed by atoms with Gasteiger partial charge < -0.3 is 4.42 Å². The number of fused-ring (bicyclic) bond motifs is 5. The molecule has 0 saturated heterocycles. The van der Waals surface area contributed by atoms with Crippen LogP contribution in [0.15, 0.2) is 65.2 Å². The van der Waals surface area contributed by atoms with Crippen LogP contribution in [0.4, 0.5) is 0 Å². The summed E-state index contributed by atoms with van der Waals surface area (Å²) in [6.45, 7) is 13.2. The third kappa shape index (κ3) is 3.47. The summed E-state index contributed by atoms with van der Waals surface area (Å²) < 4.78 is 7.67. The van der Waals surface area contributed by atoms with Crippen molar-refractivity contribution in [1.29, 1.82) is 0 Å². The maximum atomic E-state index is 6.48. The topological polar surface area (TPSA) is 38.9 Å². The molecule has 0 amide bonds. The first-order valence-electron chi connectivity index (χ1n) is 12.0. The van der Waals surface area contributed by atoms with E-state index in [1.54, 1.807) is 11.3 Å². The Kier molecular flexibility index (Phi) is 4.87. The summed E-state index contributed by atoms with van der Waals surface area (Å²) in [7, 11) is 0. The van der Waals surface area contributed by atoms with E-state index in [2.05, 4.69) is 101 Å². The fourth-order valence-corrected chi connectivity index (χ4v) is 6.20. The molecule has 35 heavy (non-hydrogen) atoms. The van der Waals surface area contributed by atoms with Crippen LogP contribution in [0.25, 0.3) is 54.5 Å². The van der Waals surface area contributed by atoms with Crippen LogP contribution < -0.4 is 0 Å². The van der Waals surface area contributed by atoms with Gasteiger partial charge in [0.05, 0.1) is 20.9 Å². The highest BCUT2D eigenvalue weighted by molar-refractivity contribution is 7.19. The second-order valence-corrected chi connectivity index (χ2v) is 11.6. The summed E-state index contributed by atoms with van der Waals surface area (Å²) in [6.07, 6.45) is 2.06. The number of aryl methyl sites for hydroxylation is 3. The maximum Gasteiger partial charge on any atom is 0.144 e. The molecule has 3 nitrogen and oxygen atoms in total. The van der Waals surface area contributed by atoms with E-state index in [1.807, 2.05) is 6.07 Å². The van der Waals surface area contributed by atoms with E-state index in [9.17, 15) is 0 Å². The van der Waals surface area contributed by atoms with Crippen LogP contribution in [-0.2, 0) is 5.41 Å². The van der Waals surface area contributed by atoms with Gasteiger partial charge in [-0.3, -0.25) is 4.98 Å². The Bertz CT molecular complexity index is 1740. The zero-order chi connectivity index (χ0) is 24.5. The van der Waals surface area contributed by atoms with Gasteiger partial charge in [0.25, 0.3) is 0 Å². The third-order valence-corrected chi connectivity index (χ3v) is 7.87. The third-order valence-electron chi connectivity index (χ3n) is 6.86. The molecule has 0 aliphatic heterocycles. The summed E-state index contributed by atoms with van der Waals surface area (Å²) in [4.78, 5) is 9.67. The normalized spacial score (nSPS) is 12.3. The van der Waals surface area contributed by atoms with Crippen LogP contribution >= 0.6 is 11.3 Å². The molecule has 6 aromatic rings. The van der Waals surface area contributed by atoms with E-state index in [0.29, 0.717) is 0 Å². The van der Waals surface area contributed by atoms with Crippen molar-refractivity contribution >= 4 is 43.5 Å². The number of furan rings is 1. The summed E-state index contributed by atoms with van der Waals surface area (Å²) >= 11 is 1.72. The van der Waals surface area contributed by atoms with Gasteiger partial charge in [0.1, 0.15) is 11.2 Å². The number of hydrogen-bond donors (Lipinski definition) is 0. The molecule has 0 atom stereocenters. The number of rotatable bonds is 2. The van der Waals surface area contributed by atoms with Gasteiger partial charge in [-0.05, 0) is 78.3 Å². The Morgan fingerprint density at radius 3 is 2.34 bits per heavy atom. The summed E-state index contributed by atoms with van der Waals surface area (Å²) in [5, 5.41) is 3.32. The molecule has 3 heterocycles. The minimum absolute atomic E-state index is 0.0312. The Morgan fingerprint density at radius 1 is 0.857 bits per heavy atom. The molecule has 3 aromatic carbocycles. The van der Waals surface area contributed by atoms with Crippen molar-refractivity contribution in [2.24, 2.45) is 0 Å². The fourth-order valence-electron chi connectivity index (χ4n) is 5.23. The molecule has 0 bridgehead atoms. The molecule has 6 rings (SSSR count). The van der Waals surface area contributed by atoms with Crippen LogP contribution in [0.5, 0.6) is 0 Å². The smallest absolute Gasteiger partial charge is 0.144 e. The van der Waals surface area contributed by atoms with Gasteiger partial charge in [0.15, 0.2) is 0 Å². The van der Waals surface area contributed by atoms with Crippen LogP contribution in [0.2, 0.25) is 0 Å². The van der Waals surface area contributed by atoms with E-state index in [4.69, 9.17) is 9.40 Å². The van der Waals surface area contributed by atoms with Crippen molar-refractivity contribution in [3.05, 3.63) is 82.5 Å². The Morgan fingerprint density at radius 2 is 1.60 bits per heavy atom. The summed E-state index contributed by atoms with van der Waals surface area (Å²) in [5.41, 5.74) is 11.0. The van der Waals surface area contributed by atoms with Gasteiger partial charge in [-0.1, -0.05) is 51.1 Å². The molecule has 3 aromatic heterocycles. The second-order valence-electron chi connectivity index (χ2n) is 10.4. The summed E-state index contributed by atoms with van der Waals surface area (Å²) in [6, 6.07) is 19.2. The van der Waals surface area contributed by atoms with Gasteiger partial charge in [-0.15, -0.1) is 11.3 Å². The van der Waals surface area contributed by atoms with Crippen molar-refractivity contribution in [2.45, 2.75) is 47.0 Å². The van der Waals surface area contributed by atoms with Crippen molar-refractivity contribution in [1.82, 2.24) is 9.97 Å². The number of aromatic nitrogens is 2. The molecule has 4 heteroatoms. The SMILES string of the molecule is Cc1nc2ccc3oc4c(-c5cc(-c6c(C)cccc6C)c(C(C)(C)C)cn5)cccc4c3c2s1. The van der Waals surface area contributed by atoms with E-state index >= 15 is 0 Å². The number of hydrogen-bond acceptors (Lipinski definition) is 4. The Balaban J connectivity index is 1.65. The lowest BCUT2D eigenvalue weighted by Gasteiger charge is -2.25. The monoisotopic (exact) mass is 476 g/mol. The van der Waals surface area contributed by atoms with E-state index < -0.39 is 0 Å². The highest BCUT2D eigenvalue weighted by Crippen LogP contribution is 2.42. The van der Waals surface area contributed by atoms with E-state index in [1.165, 1.54) is 32.5 Å². The van der Waals surface area contributed by atoms with Gasteiger partial charge in [-0.2, -0.15) is 0 Å². The molecular weight excluding hydrogens is 448 g/mol. The van der Waals surface area contributed by atoms with Crippen molar-refractivity contribution in [3.63, 3.8) is 0 Å². The summed E-state index contributed by atoms with van der Waals surface area (Å²) in [5.74, 6) is 0. The van der Waals surface area contributed by atoms with Crippen LogP contribution in [0, 0.1) is 20.8 Å². The number of benzene rings is 3. The zero-order valence-electron chi connectivity index (χ0n) is 21.0. The molecule has 0 saturated carbocycles. The second kappa shape index (κ2) is 7.76. The first kappa shape index (κ1) is 22.0. The molecule has 0 aliphatic rings. The maximum absolute atomic E-state index is 6.48. The minimum atomic E-state index is -0.0312. The van der Waals surface area contributed by atoms with Gasteiger partial charge >= 0.3 is 0 Å². The lowest BCUT2D eigenvalue weighted by Crippen LogP contribution is -2.14. The van der Waals surface area contributed by atoms with Crippen molar-refractivity contribution in [3.8, 4) is 22.4 Å². The number of pyridine rings is 1. The first-order valence-corrected chi connectivity index (χ1v) is 12.8. The lowest BCUT2D eigenvalue weighted by atomic mass is 9.80. The molecule has 0 unspecified atom stereocenters. The fraction of sp³-hybridized carbons (Fsp3) is 0.226. The largest absolute Gasteiger partial charge is 0.455 e. The first-order chi connectivity index (χ1) is 16.7. The van der Waals surface area contributed by atoms with Crippen molar-refractivity contribution < 1.29 is 4.42 Å². The standard InChI is InChI=1S/C31H28N2OS/c1-17-9-7-10-18(2)27(17)22-15-25(32-16-23(22)31(4,5)6)20-11-8-12-21-28-26(34-29(20)21)14-13-24-30(28)35-19(3)33-24/h7-16H,1-6H3.